The van der Waals surface area contributed by atoms with Gasteiger partial charge in [-0.3, -0.25) is 13.9 Å². The maximum atomic E-state index is 13.7. The van der Waals surface area contributed by atoms with Gasteiger partial charge in [-0.2, -0.15) is 0 Å². The Morgan fingerprint density at radius 2 is 1.66 bits per heavy atom. The molecule has 1 N–H and O–H groups in total. The van der Waals surface area contributed by atoms with E-state index in [4.69, 9.17) is 11.6 Å². The minimum absolute atomic E-state index is 0.0859. The largest absolute Gasteiger partial charge is 0.354 e. The summed E-state index contributed by atoms with van der Waals surface area (Å²) in [6.07, 6.45) is 3.21. The van der Waals surface area contributed by atoms with Crippen LogP contribution in [0, 0.1) is 13.8 Å². The molecule has 2 aromatic rings. The Hall–Kier alpha value is -2.58. The van der Waals surface area contributed by atoms with Crippen LogP contribution in [0.5, 0.6) is 0 Å². The van der Waals surface area contributed by atoms with Crippen molar-refractivity contribution in [2.75, 3.05) is 23.7 Å². The van der Waals surface area contributed by atoms with Crippen LogP contribution >= 0.6 is 11.6 Å². The Morgan fingerprint density at radius 1 is 1.03 bits per heavy atom. The highest BCUT2D eigenvalue weighted by atomic mass is 35.5. The molecule has 0 aliphatic heterocycles. The van der Waals surface area contributed by atoms with Gasteiger partial charge in [-0.15, -0.1) is 0 Å². The minimum Gasteiger partial charge on any atom is -0.354 e. The first kappa shape index (κ1) is 28.7. The first-order valence-corrected chi connectivity index (χ1v) is 14.1. The molecule has 2 aromatic carbocycles. The van der Waals surface area contributed by atoms with Crippen molar-refractivity contribution >= 4 is 39.1 Å². The van der Waals surface area contributed by atoms with Gasteiger partial charge in [0.1, 0.15) is 12.6 Å². The van der Waals surface area contributed by atoms with Crippen molar-refractivity contribution in [1.82, 2.24) is 10.2 Å². The number of hydrogen-bond acceptors (Lipinski definition) is 4. The Bertz CT molecular complexity index is 1120. The zero-order valence-electron chi connectivity index (χ0n) is 21.2. The standard InChI is InChI=1S/C26H36ClN3O4S/c1-6-8-16-28-26(32)23(7-2)29(17-21-14-9-10-15-22(21)27)24(31)18-30(35(5,33)34)25-19(3)12-11-13-20(25)4/h9-15,23H,6-8,16-18H2,1-5H3,(H,28,32)/t23-/m0/s1. The fraction of sp³-hybridized carbons (Fsp3) is 0.462. The van der Waals surface area contributed by atoms with Crippen molar-refractivity contribution in [3.8, 4) is 0 Å². The maximum absolute atomic E-state index is 13.7. The number of carbonyl (C=O) groups excluding carboxylic acids is 2. The lowest BCUT2D eigenvalue weighted by atomic mass is 10.1. The molecule has 2 amide bonds. The lowest BCUT2D eigenvalue weighted by Gasteiger charge is -2.33. The molecule has 7 nitrogen and oxygen atoms in total. The molecular weight excluding hydrogens is 486 g/mol. The second-order valence-corrected chi connectivity index (χ2v) is 11.0. The molecule has 0 unspecified atom stereocenters. The van der Waals surface area contributed by atoms with E-state index in [1.165, 1.54) is 4.90 Å². The van der Waals surface area contributed by atoms with E-state index in [1.807, 2.05) is 52.0 Å². The molecule has 1 atom stereocenters. The van der Waals surface area contributed by atoms with Gasteiger partial charge in [-0.1, -0.05) is 68.3 Å². The fourth-order valence-electron chi connectivity index (χ4n) is 4.01. The van der Waals surface area contributed by atoms with Crippen LogP contribution in [-0.2, 0) is 26.2 Å². The number of aryl methyl sites for hydroxylation is 2. The first-order valence-electron chi connectivity index (χ1n) is 11.9. The molecule has 0 heterocycles. The van der Waals surface area contributed by atoms with Gasteiger partial charge in [0.25, 0.3) is 0 Å². The van der Waals surface area contributed by atoms with E-state index in [2.05, 4.69) is 5.32 Å². The van der Waals surface area contributed by atoms with E-state index in [9.17, 15) is 18.0 Å². The summed E-state index contributed by atoms with van der Waals surface area (Å²) < 4.78 is 26.7. The number of unbranched alkanes of at least 4 members (excludes halogenated alkanes) is 1. The second kappa shape index (κ2) is 12.9. The van der Waals surface area contributed by atoms with E-state index in [0.717, 1.165) is 34.5 Å². The number of anilines is 1. The highest BCUT2D eigenvalue weighted by Crippen LogP contribution is 2.27. The molecule has 2 rings (SSSR count). The smallest absolute Gasteiger partial charge is 0.244 e. The van der Waals surface area contributed by atoms with Crippen molar-refractivity contribution in [3.63, 3.8) is 0 Å². The minimum atomic E-state index is -3.78. The number of nitrogens with zero attached hydrogens (tertiary/aromatic N) is 2. The average Bonchev–Trinajstić information content (AvgIpc) is 2.78. The quantitative estimate of drug-likeness (QED) is 0.418. The number of amides is 2. The Labute approximate surface area is 214 Å². The SMILES string of the molecule is CCCCNC(=O)[C@H](CC)N(Cc1ccccc1Cl)C(=O)CN(c1c(C)cccc1C)S(C)(=O)=O. The van der Waals surface area contributed by atoms with Gasteiger partial charge in [0.15, 0.2) is 0 Å². The van der Waals surface area contributed by atoms with Gasteiger partial charge < -0.3 is 10.2 Å². The van der Waals surface area contributed by atoms with Crippen molar-refractivity contribution in [2.24, 2.45) is 0 Å². The summed E-state index contributed by atoms with van der Waals surface area (Å²) in [7, 11) is -3.78. The van der Waals surface area contributed by atoms with E-state index < -0.39 is 28.5 Å². The third-order valence-corrected chi connectivity index (χ3v) is 7.36. The molecule has 192 valence electrons. The summed E-state index contributed by atoms with van der Waals surface area (Å²) in [6.45, 7) is 7.65. The van der Waals surface area contributed by atoms with Crippen LogP contribution < -0.4 is 9.62 Å². The summed E-state index contributed by atoms with van der Waals surface area (Å²) in [5.74, 6) is -0.741. The van der Waals surface area contributed by atoms with Gasteiger partial charge >= 0.3 is 0 Å². The summed E-state index contributed by atoms with van der Waals surface area (Å²) in [5, 5.41) is 3.38. The monoisotopic (exact) mass is 521 g/mol. The Kier molecular flexibility index (Phi) is 10.6. The summed E-state index contributed by atoms with van der Waals surface area (Å²) in [6, 6.07) is 11.8. The van der Waals surface area contributed by atoms with E-state index in [-0.39, 0.29) is 12.5 Å². The normalized spacial score (nSPS) is 12.2. The Morgan fingerprint density at radius 3 is 2.20 bits per heavy atom. The van der Waals surface area contributed by atoms with Crippen LogP contribution in [0.2, 0.25) is 5.02 Å². The van der Waals surface area contributed by atoms with Gasteiger partial charge in [0, 0.05) is 18.1 Å². The van der Waals surface area contributed by atoms with Crippen molar-refractivity contribution in [1.29, 1.82) is 0 Å². The van der Waals surface area contributed by atoms with Crippen LogP contribution in [0.3, 0.4) is 0 Å². The van der Waals surface area contributed by atoms with Crippen molar-refractivity contribution in [2.45, 2.75) is 59.5 Å². The second-order valence-electron chi connectivity index (χ2n) is 8.69. The molecule has 0 saturated heterocycles. The number of nitrogens with one attached hydrogen (secondary N) is 1. The van der Waals surface area contributed by atoms with Gasteiger partial charge in [0.2, 0.25) is 21.8 Å². The van der Waals surface area contributed by atoms with Crippen LogP contribution in [-0.4, -0.2) is 50.5 Å². The summed E-state index contributed by atoms with van der Waals surface area (Å²) >= 11 is 6.37. The molecule has 0 bridgehead atoms. The molecule has 0 aliphatic carbocycles. The fourth-order valence-corrected chi connectivity index (χ4v) is 5.17. The molecule has 0 fully saturated rings. The van der Waals surface area contributed by atoms with Crippen LogP contribution in [0.25, 0.3) is 0 Å². The first-order chi connectivity index (χ1) is 16.5. The molecule has 9 heteroatoms. The van der Waals surface area contributed by atoms with Gasteiger partial charge in [-0.25, -0.2) is 8.42 Å². The number of benzene rings is 2. The topological polar surface area (TPSA) is 86.8 Å². The number of carbonyl (C=O) groups is 2. The van der Waals surface area contributed by atoms with E-state index >= 15 is 0 Å². The molecule has 0 aromatic heterocycles. The van der Waals surface area contributed by atoms with Crippen LogP contribution in [0.15, 0.2) is 42.5 Å². The van der Waals surface area contributed by atoms with Gasteiger partial charge in [-0.05, 0) is 49.4 Å². The van der Waals surface area contributed by atoms with E-state index in [1.54, 1.807) is 18.2 Å². The van der Waals surface area contributed by atoms with Crippen molar-refractivity contribution < 1.29 is 18.0 Å². The summed E-state index contributed by atoms with van der Waals surface area (Å²) in [5.41, 5.74) is 2.64. The molecule has 0 saturated carbocycles. The average molecular weight is 522 g/mol. The van der Waals surface area contributed by atoms with Crippen LogP contribution in [0.1, 0.15) is 49.8 Å². The maximum Gasteiger partial charge on any atom is 0.244 e. The molecule has 0 spiro atoms. The molecular formula is C26H36ClN3O4S. The number of para-hydroxylation sites is 1. The van der Waals surface area contributed by atoms with E-state index in [0.29, 0.717) is 29.2 Å². The molecule has 0 radical (unpaired) electrons. The Balaban J connectivity index is 2.47. The van der Waals surface area contributed by atoms with Crippen molar-refractivity contribution in [3.05, 3.63) is 64.2 Å². The predicted molar refractivity (Wildman–Crippen MR) is 142 cm³/mol. The summed E-state index contributed by atoms with van der Waals surface area (Å²) in [4.78, 5) is 28.2. The highest BCUT2D eigenvalue weighted by molar-refractivity contribution is 7.92. The molecule has 35 heavy (non-hydrogen) atoms. The molecule has 0 aliphatic rings. The van der Waals surface area contributed by atoms with Gasteiger partial charge in [0.05, 0.1) is 11.9 Å². The zero-order valence-corrected chi connectivity index (χ0v) is 22.7. The lowest BCUT2D eigenvalue weighted by Crippen LogP contribution is -2.52. The predicted octanol–water partition coefficient (Wildman–Crippen LogP) is 4.45. The highest BCUT2D eigenvalue weighted by Gasteiger charge is 2.32. The number of halogens is 1. The third kappa shape index (κ3) is 7.70. The zero-order chi connectivity index (χ0) is 26.2. The number of rotatable bonds is 12. The number of hydrogen-bond donors (Lipinski definition) is 1. The van der Waals surface area contributed by atoms with Crippen LogP contribution in [0.4, 0.5) is 5.69 Å². The lowest BCUT2D eigenvalue weighted by molar-refractivity contribution is -0.140. The third-order valence-electron chi connectivity index (χ3n) is 5.88. The number of sulfonamides is 1.